The van der Waals surface area contributed by atoms with Gasteiger partial charge in [-0.2, -0.15) is 0 Å². The van der Waals surface area contributed by atoms with Gasteiger partial charge in [0.25, 0.3) is 6.47 Å². The molecule has 5 nitrogen and oxygen atoms in total. The molecule has 2 aromatic rings. The number of nitrogens with one attached hydrogen (secondary N) is 1. The van der Waals surface area contributed by atoms with Crippen molar-refractivity contribution in [3.63, 3.8) is 0 Å². The minimum atomic E-state index is -0.250. The Morgan fingerprint density at radius 1 is 1.53 bits per heavy atom. The van der Waals surface area contributed by atoms with E-state index in [1.165, 1.54) is 0 Å². The maximum Gasteiger partial charge on any atom is 0.290 e. The van der Waals surface area contributed by atoms with E-state index in [1.807, 2.05) is 32.2 Å². The Hall–Kier alpha value is -2.04. The average molecular weight is 238 g/mol. The third kappa shape index (κ3) is 7.84. The molecule has 0 aromatic carbocycles. The first-order valence-electron chi connectivity index (χ1n) is 5.22. The SMILES string of the molecule is CCc1ncc(C)[nH]1.Cc1ccco1.O=CO. The number of carboxylic acid groups (broad SMARTS) is 1. The number of H-pyrrole nitrogens is 1. The van der Waals surface area contributed by atoms with Crippen molar-refractivity contribution in [3.05, 3.63) is 41.9 Å². The predicted molar refractivity (Wildman–Crippen MR) is 64.8 cm³/mol. The number of aromatic nitrogens is 2. The Kier molecular flexibility index (Phi) is 8.10. The summed E-state index contributed by atoms with van der Waals surface area (Å²) in [5.74, 6) is 2.04. The molecule has 2 aromatic heterocycles. The van der Waals surface area contributed by atoms with Crippen LogP contribution in [0.1, 0.15) is 24.2 Å². The van der Waals surface area contributed by atoms with Gasteiger partial charge in [0, 0.05) is 18.3 Å². The highest BCUT2D eigenvalue weighted by molar-refractivity contribution is 5.32. The highest BCUT2D eigenvalue weighted by Crippen LogP contribution is 1.94. The zero-order chi connectivity index (χ0) is 13.1. The van der Waals surface area contributed by atoms with E-state index in [0.717, 1.165) is 23.7 Å². The number of hydrogen-bond acceptors (Lipinski definition) is 3. The van der Waals surface area contributed by atoms with Crippen molar-refractivity contribution in [2.75, 3.05) is 0 Å². The molecule has 0 spiro atoms. The second-order valence-corrected chi connectivity index (χ2v) is 3.20. The summed E-state index contributed by atoms with van der Waals surface area (Å²) in [7, 11) is 0. The first-order chi connectivity index (χ1) is 8.13. The average Bonchev–Trinajstić information content (AvgIpc) is 2.91. The summed E-state index contributed by atoms with van der Waals surface area (Å²) in [5, 5.41) is 6.89. The van der Waals surface area contributed by atoms with Crippen molar-refractivity contribution in [1.82, 2.24) is 9.97 Å². The van der Waals surface area contributed by atoms with Crippen LogP contribution in [0.25, 0.3) is 0 Å². The van der Waals surface area contributed by atoms with Gasteiger partial charge in [-0.25, -0.2) is 4.98 Å². The fourth-order valence-corrected chi connectivity index (χ4v) is 1.01. The first kappa shape index (κ1) is 15.0. The molecule has 5 heteroatoms. The van der Waals surface area contributed by atoms with Crippen molar-refractivity contribution in [1.29, 1.82) is 0 Å². The van der Waals surface area contributed by atoms with E-state index in [0.29, 0.717) is 0 Å². The molecular formula is C12H18N2O3. The molecule has 94 valence electrons. The third-order valence-corrected chi connectivity index (χ3v) is 1.75. The smallest absolute Gasteiger partial charge is 0.290 e. The largest absolute Gasteiger partial charge is 0.483 e. The molecule has 0 aliphatic heterocycles. The lowest BCUT2D eigenvalue weighted by atomic mass is 10.5. The molecule has 0 amide bonds. The Labute approximate surface area is 101 Å². The Bertz CT molecular complexity index is 394. The molecule has 0 saturated carbocycles. The molecule has 0 aliphatic rings. The maximum atomic E-state index is 8.36. The summed E-state index contributed by atoms with van der Waals surface area (Å²) in [6.45, 7) is 5.75. The Morgan fingerprint density at radius 2 is 2.18 bits per heavy atom. The lowest BCUT2D eigenvalue weighted by Crippen LogP contribution is -1.80. The Balaban J connectivity index is 0.000000252. The summed E-state index contributed by atoms with van der Waals surface area (Å²) in [6.07, 6.45) is 4.50. The second kappa shape index (κ2) is 9.21. The molecule has 2 rings (SSSR count). The fraction of sp³-hybridized carbons (Fsp3) is 0.333. The van der Waals surface area contributed by atoms with Crippen LogP contribution in [0.3, 0.4) is 0 Å². The van der Waals surface area contributed by atoms with Crippen LogP contribution in [-0.4, -0.2) is 21.5 Å². The van der Waals surface area contributed by atoms with Gasteiger partial charge < -0.3 is 14.5 Å². The van der Waals surface area contributed by atoms with E-state index in [-0.39, 0.29) is 6.47 Å². The maximum absolute atomic E-state index is 8.36. The van der Waals surface area contributed by atoms with E-state index in [9.17, 15) is 0 Å². The van der Waals surface area contributed by atoms with Crippen LogP contribution in [0, 0.1) is 13.8 Å². The highest BCUT2D eigenvalue weighted by atomic mass is 16.3. The summed E-state index contributed by atoms with van der Waals surface area (Å²) in [6, 6.07) is 3.79. The van der Waals surface area contributed by atoms with Gasteiger partial charge in [0.2, 0.25) is 0 Å². The van der Waals surface area contributed by atoms with Crippen molar-refractivity contribution < 1.29 is 14.3 Å². The van der Waals surface area contributed by atoms with Gasteiger partial charge in [-0.3, -0.25) is 4.79 Å². The number of rotatable bonds is 1. The number of carbonyl (C=O) groups is 1. The van der Waals surface area contributed by atoms with Gasteiger partial charge in [0.15, 0.2) is 0 Å². The number of aryl methyl sites for hydroxylation is 3. The van der Waals surface area contributed by atoms with Crippen LogP contribution in [0.5, 0.6) is 0 Å². The number of nitrogens with zero attached hydrogens (tertiary/aromatic N) is 1. The number of furan rings is 1. The van der Waals surface area contributed by atoms with E-state index >= 15 is 0 Å². The molecule has 0 fully saturated rings. The molecule has 17 heavy (non-hydrogen) atoms. The van der Waals surface area contributed by atoms with Crippen LogP contribution in [0.2, 0.25) is 0 Å². The lowest BCUT2D eigenvalue weighted by molar-refractivity contribution is -0.122. The predicted octanol–water partition coefficient (Wildman–Crippen LogP) is 2.57. The molecule has 0 saturated heterocycles. The topological polar surface area (TPSA) is 79.1 Å². The number of aromatic amines is 1. The summed E-state index contributed by atoms with van der Waals surface area (Å²) < 4.78 is 4.83. The molecule has 0 radical (unpaired) electrons. The van der Waals surface area contributed by atoms with Gasteiger partial charge in [-0.1, -0.05) is 6.92 Å². The molecule has 2 N–H and O–H groups in total. The summed E-state index contributed by atoms with van der Waals surface area (Å²) in [4.78, 5) is 15.6. The minimum Gasteiger partial charge on any atom is -0.483 e. The molecule has 2 heterocycles. The van der Waals surface area contributed by atoms with Crippen LogP contribution < -0.4 is 0 Å². The quantitative estimate of drug-likeness (QED) is 0.748. The molecule has 0 aliphatic carbocycles. The third-order valence-electron chi connectivity index (χ3n) is 1.75. The monoisotopic (exact) mass is 238 g/mol. The van der Waals surface area contributed by atoms with Crippen LogP contribution in [-0.2, 0) is 11.2 Å². The summed E-state index contributed by atoms with van der Waals surface area (Å²) >= 11 is 0. The standard InChI is InChI=1S/C6H10N2.C5H6O.CH2O2/c1-3-6-7-4-5(2)8-6;1-5-3-2-4-6-5;2-1-3/h4H,3H2,1-2H3,(H,7,8);2-4H,1H3;1H,(H,2,3). The van der Waals surface area contributed by atoms with Crippen molar-refractivity contribution in [2.24, 2.45) is 0 Å². The van der Waals surface area contributed by atoms with Gasteiger partial charge >= 0.3 is 0 Å². The number of hydrogen-bond donors (Lipinski definition) is 2. The summed E-state index contributed by atoms with van der Waals surface area (Å²) in [5.41, 5.74) is 1.14. The number of imidazole rings is 1. The van der Waals surface area contributed by atoms with Gasteiger partial charge in [0.05, 0.1) is 6.26 Å². The highest BCUT2D eigenvalue weighted by Gasteiger charge is 1.89. The van der Waals surface area contributed by atoms with E-state index in [1.54, 1.807) is 6.26 Å². The zero-order valence-electron chi connectivity index (χ0n) is 10.3. The molecular weight excluding hydrogens is 220 g/mol. The van der Waals surface area contributed by atoms with Gasteiger partial charge in [-0.15, -0.1) is 0 Å². The molecule has 0 bridgehead atoms. The van der Waals surface area contributed by atoms with E-state index in [2.05, 4.69) is 16.9 Å². The molecule has 0 unspecified atom stereocenters. The zero-order valence-corrected chi connectivity index (χ0v) is 10.3. The van der Waals surface area contributed by atoms with Crippen molar-refractivity contribution >= 4 is 6.47 Å². The van der Waals surface area contributed by atoms with Crippen LogP contribution in [0.15, 0.2) is 29.0 Å². The minimum absolute atomic E-state index is 0.250. The normalized spacial score (nSPS) is 8.41. The van der Waals surface area contributed by atoms with E-state index in [4.69, 9.17) is 14.3 Å². The second-order valence-electron chi connectivity index (χ2n) is 3.20. The van der Waals surface area contributed by atoms with Crippen molar-refractivity contribution in [3.8, 4) is 0 Å². The van der Waals surface area contributed by atoms with Gasteiger partial charge in [-0.05, 0) is 26.0 Å². The molecule has 0 atom stereocenters. The van der Waals surface area contributed by atoms with Gasteiger partial charge in [0.1, 0.15) is 11.6 Å². The van der Waals surface area contributed by atoms with Crippen LogP contribution >= 0.6 is 0 Å². The Morgan fingerprint density at radius 3 is 2.35 bits per heavy atom. The fourth-order valence-electron chi connectivity index (χ4n) is 1.01. The van der Waals surface area contributed by atoms with Crippen molar-refractivity contribution in [2.45, 2.75) is 27.2 Å². The van der Waals surface area contributed by atoms with Crippen LogP contribution in [0.4, 0.5) is 0 Å². The lowest BCUT2D eigenvalue weighted by Gasteiger charge is -1.82. The first-order valence-corrected chi connectivity index (χ1v) is 5.22. The van der Waals surface area contributed by atoms with E-state index < -0.39 is 0 Å².